The van der Waals surface area contributed by atoms with Crippen LogP contribution in [0.25, 0.3) is 0 Å². The van der Waals surface area contributed by atoms with Gasteiger partial charge in [0.15, 0.2) is 9.84 Å². The number of sulfone groups is 1. The van der Waals surface area contributed by atoms with Crippen molar-refractivity contribution < 1.29 is 17.9 Å². The van der Waals surface area contributed by atoms with E-state index in [0.29, 0.717) is 17.7 Å². The minimum Gasteiger partial charge on any atom is -0.462 e. The Hall–Kier alpha value is -1.56. The van der Waals surface area contributed by atoms with Gasteiger partial charge in [0, 0.05) is 11.9 Å². The average Bonchev–Trinajstić information content (AvgIpc) is 2.30. The summed E-state index contributed by atoms with van der Waals surface area (Å²) in [5.41, 5.74) is 7.65. The summed E-state index contributed by atoms with van der Waals surface area (Å²) < 4.78 is 27.6. The van der Waals surface area contributed by atoms with Crippen LogP contribution in [0.1, 0.15) is 34.8 Å². The third-order valence-corrected chi connectivity index (χ3v) is 3.54. The Balaban J connectivity index is 3.07. The van der Waals surface area contributed by atoms with E-state index in [1.54, 1.807) is 13.0 Å². The minimum absolute atomic E-state index is 0.0900. The van der Waals surface area contributed by atoms with Gasteiger partial charge in [-0.25, -0.2) is 13.2 Å². The molecule has 0 spiro atoms. The lowest BCUT2D eigenvalue weighted by molar-refractivity contribution is 0.0506. The van der Waals surface area contributed by atoms with Crippen LogP contribution in [-0.4, -0.2) is 27.2 Å². The van der Waals surface area contributed by atoms with Gasteiger partial charge >= 0.3 is 5.97 Å². The molecular formula is C13H19NO4S. The maximum absolute atomic E-state index is 11.8. The molecule has 1 rings (SSSR count). The summed E-state index contributed by atoms with van der Waals surface area (Å²) >= 11 is 0. The van der Waals surface area contributed by atoms with Crippen molar-refractivity contribution in [2.24, 2.45) is 0 Å². The van der Waals surface area contributed by atoms with E-state index in [1.165, 1.54) is 6.07 Å². The molecule has 0 fully saturated rings. The van der Waals surface area contributed by atoms with Gasteiger partial charge in [-0.1, -0.05) is 13.0 Å². The highest BCUT2D eigenvalue weighted by molar-refractivity contribution is 7.89. The zero-order valence-corrected chi connectivity index (χ0v) is 12.2. The number of benzene rings is 1. The molecule has 0 radical (unpaired) electrons. The average molecular weight is 285 g/mol. The fourth-order valence-electron chi connectivity index (χ4n) is 1.66. The van der Waals surface area contributed by atoms with Crippen LogP contribution in [0.2, 0.25) is 0 Å². The predicted octanol–water partition coefficient (Wildman–Crippen LogP) is 1.69. The van der Waals surface area contributed by atoms with E-state index < -0.39 is 15.8 Å². The number of nitrogens with two attached hydrogens (primary N) is 1. The number of anilines is 1. The molecule has 0 aliphatic heterocycles. The van der Waals surface area contributed by atoms with Crippen LogP contribution >= 0.6 is 0 Å². The standard InChI is InChI=1S/C13H19NO4S/c1-4-7-18-13(15)11-6-5-10(8-19(3,16)17)9(2)12(11)14/h5-6H,4,7-8,14H2,1-3H3. The number of ether oxygens (including phenoxy) is 1. The lowest BCUT2D eigenvalue weighted by Gasteiger charge is -2.12. The third-order valence-electron chi connectivity index (χ3n) is 2.70. The number of carbonyl (C=O) groups excluding carboxylic acids is 1. The predicted molar refractivity (Wildman–Crippen MR) is 74.7 cm³/mol. The van der Waals surface area contributed by atoms with E-state index in [2.05, 4.69) is 0 Å². The highest BCUT2D eigenvalue weighted by atomic mass is 32.2. The second kappa shape index (κ2) is 6.06. The van der Waals surface area contributed by atoms with Crippen molar-refractivity contribution in [3.05, 3.63) is 28.8 Å². The van der Waals surface area contributed by atoms with Gasteiger partial charge in [-0.2, -0.15) is 0 Å². The number of rotatable bonds is 5. The smallest absolute Gasteiger partial charge is 0.340 e. The highest BCUT2D eigenvalue weighted by Crippen LogP contribution is 2.23. The summed E-state index contributed by atoms with van der Waals surface area (Å²) in [6.45, 7) is 3.94. The monoisotopic (exact) mass is 285 g/mol. The molecule has 0 atom stereocenters. The molecule has 19 heavy (non-hydrogen) atoms. The summed E-state index contributed by atoms with van der Waals surface area (Å²) in [5.74, 6) is -0.568. The molecule has 0 amide bonds. The van der Waals surface area contributed by atoms with Gasteiger partial charge < -0.3 is 10.5 Å². The van der Waals surface area contributed by atoms with Crippen molar-refractivity contribution in [1.82, 2.24) is 0 Å². The SMILES string of the molecule is CCCOC(=O)c1ccc(CS(C)(=O)=O)c(C)c1N. The molecule has 2 N–H and O–H groups in total. The number of hydrogen-bond donors (Lipinski definition) is 1. The van der Waals surface area contributed by atoms with E-state index in [0.717, 1.165) is 12.7 Å². The van der Waals surface area contributed by atoms with Gasteiger partial charge in [0.05, 0.1) is 17.9 Å². The minimum atomic E-state index is -3.14. The van der Waals surface area contributed by atoms with E-state index in [-0.39, 0.29) is 17.0 Å². The summed E-state index contributed by atoms with van der Waals surface area (Å²) in [7, 11) is -3.14. The van der Waals surface area contributed by atoms with Crippen molar-refractivity contribution >= 4 is 21.5 Å². The Labute approximate surface area is 113 Å². The molecule has 5 nitrogen and oxygen atoms in total. The lowest BCUT2D eigenvalue weighted by Crippen LogP contribution is -2.12. The molecule has 0 saturated carbocycles. The Morgan fingerprint density at radius 2 is 2.00 bits per heavy atom. The second-order valence-corrected chi connectivity index (χ2v) is 6.66. The van der Waals surface area contributed by atoms with Gasteiger partial charge in [-0.3, -0.25) is 0 Å². The Morgan fingerprint density at radius 3 is 2.53 bits per heavy atom. The summed E-state index contributed by atoms with van der Waals surface area (Å²) in [6, 6.07) is 3.12. The fraction of sp³-hybridized carbons (Fsp3) is 0.462. The van der Waals surface area contributed by atoms with Gasteiger partial charge in [-0.05, 0) is 30.5 Å². The molecule has 0 bridgehead atoms. The number of carbonyl (C=O) groups is 1. The molecule has 0 saturated heterocycles. The van der Waals surface area contributed by atoms with E-state index in [4.69, 9.17) is 10.5 Å². The Kier molecular flexibility index (Phi) is 4.94. The molecule has 0 aromatic heterocycles. The quantitative estimate of drug-likeness (QED) is 0.657. The lowest BCUT2D eigenvalue weighted by atomic mass is 10.0. The Bertz CT molecular complexity index is 579. The topological polar surface area (TPSA) is 86.5 Å². The van der Waals surface area contributed by atoms with Gasteiger partial charge in [0.25, 0.3) is 0 Å². The van der Waals surface area contributed by atoms with E-state index in [1.807, 2.05) is 6.92 Å². The number of nitrogen functional groups attached to an aromatic ring is 1. The molecule has 1 aromatic carbocycles. The van der Waals surface area contributed by atoms with Crippen molar-refractivity contribution in [2.45, 2.75) is 26.0 Å². The molecule has 1 aromatic rings. The van der Waals surface area contributed by atoms with Gasteiger partial charge in [-0.15, -0.1) is 0 Å². The first-order valence-corrected chi connectivity index (χ1v) is 8.05. The van der Waals surface area contributed by atoms with Crippen molar-refractivity contribution in [2.75, 3.05) is 18.6 Å². The van der Waals surface area contributed by atoms with Crippen LogP contribution < -0.4 is 5.73 Å². The van der Waals surface area contributed by atoms with Crippen LogP contribution in [0.15, 0.2) is 12.1 Å². The first kappa shape index (κ1) is 15.5. The van der Waals surface area contributed by atoms with Gasteiger partial charge in [0.1, 0.15) is 0 Å². The maximum Gasteiger partial charge on any atom is 0.340 e. The first-order valence-electron chi connectivity index (χ1n) is 5.99. The largest absolute Gasteiger partial charge is 0.462 e. The fourth-order valence-corrected chi connectivity index (χ4v) is 2.54. The van der Waals surface area contributed by atoms with Crippen molar-refractivity contribution in [3.8, 4) is 0 Å². The molecular weight excluding hydrogens is 266 g/mol. The van der Waals surface area contributed by atoms with E-state index in [9.17, 15) is 13.2 Å². The van der Waals surface area contributed by atoms with Crippen LogP contribution in [0.5, 0.6) is 0 Å². The van der Waals surface area contributed by atoms with Crippen molar-refractivity contribution in [3.63, 3.8) is 0 Å². The summed E-state index contributed by atoms with van der Waals surface area (Å²) in [4.78, 5) is 11.8. The molecule has 0 aliphatic rings. The Morgan fingerprint density at radius 1 is 1.37 bits per heavy atom. The third kappa shape index (κ3) is 4.24. The second-order valence-electron chi connectivity index (χ2n) is 4.52. The maximum atomic E-state index is 11.8. The molecule has 6 heteroatoms. The first-order chi connectivity index (χ1) is 8.76. The zero-order chi connectivity index (χ0) is 14.6. The number of esters is 1. The van der Waals surface area contributed by atoms with Crippen LogP contribution in [0, 0.1) is 6.92 Å². The van der Waals surface area contributed by atoms with Crippen molar-refractivity contribution in [1.29, 1.82) is 0 Å². The van der Waals surface area contributed by atoms with Crippen LogP contribution in [0.4, 0.5) is 5.69 Å². The summed E-state index contributed by atoms with van der Waals surface area (Å²) in [6.07, 6.45) is 1.89. The molecule has 106 valence electrons. The zero-order valence-electron chi connectivity index (χ0n) is 11.4. The molecule has 0 aliphatic carbocycles. The molecule has 0 heterocycles. The van der Waals surface area contributed by atoms with Crippen LogP contribution in [0.3, 0.4) is 0 Å². The summed E-state index contributed by atoms with van der Waals surface area (Å²) in [5, 5.41) is 0. The van der Waals surface area contributed by atoms with Crippen LogP contribution in [-0.2, 0) is 20.3 Å². The number of hydrogen-bond acceptors (Lipinski definition) is 5. The normalized spacial score (nSPS) is 11.3. The molecule has 0 unspecified atom stereocenters. The van der Waals surface area contributed by atoms with E-state index >= 15 is 0 Å². The van der Waals surface area contributed by atoms with Gasteiger partial charge in [0.2, 0.25) is 0 Å². The highest BCUT2D eigenvalue weighted by Gasteiger charge is 2.16.